The number of carbonyl (C=O) groups is 1. The van der Waals surface area contributed by atoms with Gasteiger partial charge in [-0.2, -0.15) is 5.10 Å². The molecular formula is C18H17N3O3. The van der Waals surface area contributed by atoms with E-state index in [2.05, 4.69) is 15.5 Å². The minimum Gasteiger partial charge on any atom is -0.493 e. The molecule has 0 aliphatic rings. The number of anilines is 1. The molecule has 0 aliphatic carbocycles. The van der Waals surface area contributed by atoms with E-state index >= 15 is 0 Å². The van der Waals surface area contributed by atoms with Gasteiger partial charge in [-0.1, -0.05) is 12.1 Å². The Morgan fingerprint density at radius 3 is 2.58 bits per heavy atom. The van der Waals surface area contributed by atoms with Crippen LogP contribution in [0.4, 0.5) is 5.69 Å². The zero-order valence-corrected chi connectivity index (χ0v) is 13.4. The van der Waals surface area contributed by atoms with Crippen molar-refractivity contribution < 1.29 is 14.3 Å². The van der Waals surface area contributed by atoms with Crippen LogP contribution in [0.3, 0.4) is 0 Å². The molecule has 0 saturated heterocycles. The van der Waals surface area contributed by atoms with Crippen LogP contribution in [0.1, 0.15) is 10.4 Å². The first-order valence-electron chi connectivity index (χ1n) is 7.34. The predicted molar refractivity (Wildman–Crippen MR) is 91.5 cm³/mol. The van der Waals surface area contributed by atoms with Crippen molar-refractivity contribution in [2.24, 2.45) is 0 Å². The van der Waals surface area contributed by atoms with Gasteiger partial charge >= 0.3 is 0 Å². The van der Waals surface area contributed by atoms with Crippen molar-refractivity contribution in [2.45, 2.75) is 0 Å². The highest BCUT2D eigenvalue weighted by Gasteiger charge is 2.11. The van der Waals surface area contributed by atoms with Gasteiger partial charge in [0, 0.05) is 23.0 Å². The van der Waals surface area contributed by atoms with Gasteiger partial charge in [0.1, 0.15) is 0 Å². The van der Waals surface area contributed by atoms with Crippen LogP contribution in [0.15, 0.2) is 54.7 Å². The average Bonchev–Trinajstić information content (AvgIpc) is 3.16. The summed E-state index contributed by atoms with van der Waals surface area (Å²) in [5.41, 5.74) is 3.01. The Balaban J connectivity index is 1.81. The minimum atomic E-state index is -0.224. The Labute approximate surface area is 139 Å². The number of carbonyl (C=O) groups excluding carboxylic acids is 1. The predicted octanol–water partition coefficient (Wildman–Crippen LogP) is 3.35. The number of nitrogens with one attached hydrogen (secondary N) is 2. The fraction of sp³-hybridized carbons (Fsp3) is 0.111. The van der Waals surface area contributed by atoms with Gasteiger partial charge in [-0.05, 0) is 36.4 Å². The molecule has 1 heterocycles. The number of hydrogen-bond acceptors (Lipinski definition) is 4. The van der Waals surface area contributed by atoms with Crippen molar-refractivity contribution in [3.8, 4) is 22.8 Å². The van der Waals surface area contributed by atoms with Crippen molar-refractivity contribution in [1.82, 2.24) is 10.2 Å². The van der Waals surface area contributed by atoms with Crippen LogP contribution in [0, 0.1) is 0 Å². The maximum absolute atomic E-state index is 12.5. The van der Waals surface area contributed by atoms with Gasteiger partial charge in [-0.3, -0.25) is 9.89 Å². The Morgan fingerprint density at radius 1 is 1.04 bits per heavy atom. The highest BCUT2D eigenvalue weighted by Crippen LogP contribution is 2.28. The number of aromatic amines is 1. The van der Waals surface area contributed by atoms with E-state index in [9.17, 15) is 4.79 Å². The van der Waals surface area contributed by atoms with E-state index in [1.807, 2.05) is 30.3 Å². The number of aromatic nitrogens is 2. The van der Waals surface area contributed by atoms with Crippen LogP contribution in [0.5, 0.6) is 11.5 Å². The molecule has 0 radical (unpaired) electrons. The lowest BCUT2D eigenvalue weighted by Gasteiger charge is -2.10. The van der Waals surface area contributed by atoms with Crippen LogP contribution >= 0.6 is 0 Å². The molecule has 3 aromatic rings. The smallest absolute Gasteiger partial charge is 0.255 e. The van der Waals surface area contributed by atoms with E-state index in [-0.39, 0.29) is 5.91 Å². The summed E-state index contributed by atoms with van der Waals surface area (Å²) >= 11 is 0. The monoisotopic (exact) mass is 323 g/mol. The molecule has 0 fully saturated rings. The third kappa shape index (κ3) is 3.22. The van der Waals surface area contributed by atoms with Gasteiger partial charge in [0.05, 0.1) is 19.9 Å². The lowest BCUT2D eigenvalue weighted by Crippen LogP contribution is -2.12. The SMILES string of the molecule is COc1ccc(C(=O)Nc2cccc(-c3ccn[nH]3)c2)cc1OC. The van der Waals surface area contributed by atoms with E-state index < -0.39 is 0 Å². The lowest BCUT2D eigenvalue weighted by atomic mass is 10.1. The molecule has 0 aliphatic heterocycles. The Hall–Kier alpha value is -3.28. The number of hydrogen-bond donors (Lipinski definition) is 2. The minimum absolute atomic E-state index is 0.224. The molecule has 0 unspecified atom stereocenters. The molecule has 1 amide bonds. The van der Waals surface area contributed by atoms with Gasteiger partial charge < -0.3 is 14.8 Å². The van der Waals surface area contributed by atoms with Crippen LogP contribution in [0.25, 0.3) is 11.3 Å². The molecule has 6 heteroatoms. The zero-order chi connectivity index (χ0) is 16.9. The fourth-order valence-corrected chi connectivity index (χ4v) is 2.36. The van der Waals surface area contributed by atoms with Crippen molar-refractivity contribution in [3.63, 3.8) is 0 Å². The van der Waals surface area contributed by atoms with E-state index in [1.54, 1.807) is 31.5 Å². The first-order chi connectivity index (χ1) is 11.7. The van der Waals surface area contributed by atoms with Gasteiger partial charge in [0.25, 0.3) is 5.91 Å². The molecule has 0 atom stereocenters. The lowest BCUT2D eigenvalue weighted by molar-refractivity contribution is 0.102. The highest BCUT2D eigenvalue weighted by molar-refractivity contribution is 6.04. The molecule has 3 rings (SSSR count). The Kier molecular flexibility index (Phi) is 4.47. The molecule has 122 valence electrons. The van der Waals surface area contributed by atoms with E-state index in [4.69, 9.17) is 9.47 Å². The Bertz CT molecular complexity index is 844. The largest absolute Gasteiger partial charge is 0.493 e. The quantitative estimate of drug-likeness (QED) is 0.755. The number of H-pyrrole nitrogens is 1. The van der Waals surface area contributed by atoms with E-state index in [1.165, 1.54) is 7.11 Å². The molecular weight excluding hydrogens is 306 g/mol. The summed E-state index contributed by atoms with van der Waals surface area (Å²) in [5.74, 6) is 0.865. The summed E-state index contributed by atoms with van der Waals surface area (Å²) in [6.07, 6.45) is 1.68. The van der Waals surface area contributed by atoms with Crippen LogP contribution < -0.4 is 14.8 Å². The highest BCUT2D eigenvalue weighted by atomic mass is 16.5. The number of benzene rings is 2. The van der Waals surface area contributed by atoms with Gasteiger partial charge in [-0.25, -0.2) is 0 Å². The molecule has 0 bridgehead atoms. The second-order valence-corrected chi connectivity index (χ2v) is 5.08. The van der Waals surface area contributed by atoms with Crippen molar-refractivity contribution in [2.75, 3.05) is 19.5 Å². The van der Waals surface area contributed by atoms with Gasteiger partial charge in [-0.15, -0.1) is 0 Å². The second kappa shape index (κ2) is 6.87. The summed E-state index contributed by atoms with van der Waals surface area (Å²) in [4.78, 5) is 12.5. The number of rotatable bonds is 5. The third-order valence-electron chi connectivity index (χ3n) is 3.58. The first-order valence-corrected chi connectivity index (χ1v) is 7.34. The molecule has 0 saturated carbocycles. The van der Waals surface area contributed by atoms with E-state index in [0.29, 0.717) is 22.7 Å². The molecule has 2 N–H and O–H groups in total. The summed E-state index contributed by atoms with van der Waals surface area (Å²) in [7, 11) is 3.09. The summed E-state index contributed by atoms with van der Waals surface area (Å²) < 4.78 is 10.4. The number of methoxy groups -OCH3 is 2. The Morgan fingerprint density at radius 2 is 1.88 bits per heavy atom. The molecule has 2 aromatic carbocycles. The van der Waals surface area contributed by atoms with Crippen molar-refractivity contribution >= 4 is 11.6 Å². The molecule has 1 aromatic heterocycles. The number of ether oxygens (including phenoxy) is 2. The average molecular weight is 323 g/mol. The third-order valence-corrected chi connectivity index (χ3v) is 3.58. The first kappa shape index (κ1) is 15.6. The van der Waals surface area contributed by atoms with Crippen LogP contribution in [-0.2, 0) is 0 Å². The summed E-state index contributed by atoms with van der Waals surface area (Å²) in [6, 6.07) is 14.4. The van der Waals surface area contributed by atoms with E-state index in [0.717, 1.165) is 11.3 Å². The normalized spacial score (nSPS) is 10.2. The van der Waals surface area contributed by atoms with Crippen LogP contribution in [0.2, 0.25) is 0 Å². The fourth-order valence-electron chi connectivity index (χ4n) is 2.36. The molecule has 6 nitrogen and oxygen atoms in total. The molecule has 24 heavy (non-hydrogen) atoms. The zero-order valence-electron chi connectivity index (χ0n) is 13.4. The van der Waals surface area contributed by atoms with Gasteiger partial charge in [0.2, 0.25) is 0 Å². The maximum atomic E-state index is 12.5. The standard InChI is InChI=1S/C18H17N3O3/c1-23-16-7-6-13(11-17(16)24-2)18(22)20-14-5-3-4-12(10-14)15-8-9-19-21-15/h3-11H,1-2H3,(H,19,21)(H,20,22). The van der Waals surface area contributed by atoms with Gasteiger partial charge in [0.15, 0.2) is 11.5 Å². The topological polar surface area (TPSA) is 76.2 Å². The summed E-state index contributed by atoms with van der Waals surface area (Å²) in [6.45, 7) is 0. The van der Waals surface area contributed by atoms with Crippen molar-refractivity contribution in [3.05, 3.63) is 60.3 Å². The summed E-state index contributed by atoms with van der Waals surface area (Å²) in [5, 5.41) is 9.71. The second-order valence-electron chi connectivity index (χ2n) is 5.08. The van der Waals surface area contributed by atoms with Crippen LogP contribution in [-0.4, -0.2) is 30.3 Å². The number of amides is 1. The maximum Gasteiger partial charge on any atom is 0.255 e. The molecule has 0 spiro atoms. The number of nitrogens with zero attached hydrogens (tertiary/aromatic N) is 1. The van der Waals surface area contributed by atoms with Crippen molar-refractivity contribution in [1.29, 1.82) is 0 Å².